The quantitative estimate of drug-likeness (QED) is 0.794. The molecule has 0 aliphatic carbocycles. The van der Waals surface area contributed by atoms with Crippen LogP contribution < -0.4 is 25.0 Å². The maximum atomic E-state index is 12.2. The minimum Gasteiger partial charge on any atom is -0.497 e. The smallest absolute Gasteiger partial charge is 0.251 e. The number of carbonyl (C=O) groups excluding carboxylic acids is 2. The van der Waals surface area contributed by atoms with Crippen LogP contribution in [0.5, 0.6) is 11.5 Å². The first kappa shape index (κ1) is 19.1. The van der Waals surface area contributed by atoms with Gasteiger partial charge in [0.05, 0.1) is 20.8 Å². The molecule has 2 aromatic carbocycles. The lowest BCUT2D eigenvalue weighted by molar-refractivity contribution is -0.115. The molecule has 0 fully saturated rings. The van der Waals surface area contributed by atoms with Crippen LogP contribution in [0.25, 0.3) is 0 Å². The number of anilines is 2. The lowest BCUT2D eigenvalue weighted by Gasteiger charge is -2.13. The number of ether oxygens (including phenoxy) is 2. The average molecular weight is 357 g/mol. The van der Waals surface area contributed by atoms with Crippen molar-refractivity contribution in [1.82, 2.24) is 5.32 Å². The Morgan fingerprint density at radius 3 is 2.04 bits per heavy atom. The van der Waals surface area contributed by atoms with E-state index in [1.165, 1.54) is 14.2 Å². The molecule has 2 rings (SSSR count). The topological polar surface area (TPSA) is 79.9 Å². The predicted octanol–water partition coefficient (Wildman–Crippen LogP) is 2.14. The van der Waals surface area contributed by atoms with Crippen molar-refractivity contribution in [3.8, 4) is 11.5 Å². The van der Waals surface area contributed by atoms with Crippen molar-refractivity contribution in [3.05, 3.63) is 48.0 Å². The van der Waals surface area contributed by atoms with E-state index < -0.39 is 0 Å². The summed E-state index contributed by atoms with van der Waals surface area (Å²) in [4.78, 5) is 26.2. The van der Waals surface area contributed by atoms with Gasteiger partial charge in [0.15, 0.2) is 0 Å². The summed E-state index contributed by atoms with van der Waals surface area (Å²) in [5.41, 5.74) is 2.05. The molecule has 138 valence electrons. The summed E-state index contributed by atoms with van der Waals surface area (Å²) in [6, 6.07) is 12.2. The molecule has 0 heterocycles. The van der Waals surface area contributed by atoms with E-state index in [1.54, 1.807) is 18.2 Å². The van der Waals surface area contributed by atoms with E-state index in [9.17, 15) is 9.59 Å². The molecular formula is C19H23N3O4. The van der Waals surface area contributed by atoms with E-state index in [0.29, 0.717) is 22.7 Å². The van der Waals surface area contributed by atoms with Crippen LogP contribution in [0.3, 0.4) is 0 Å². The lowest BCUT2D eigenvalue weighted by Crippen LogP contribution is -2.32. The molecule has 0 aliphatic heterocycles. The van der Waals surface area contributed by atoms with Crippen LogP contribution in [0, 0.1) is 0 Å². The second kappa shape index (κ2) is 8.75. The van der Waals surface area contributed by atoms with Crippen LogP contribution in [0.4, 0.5) is 11.4 Å². The largest absolute Gasteiger partial charge is 0.497 e. The van der Waals surface area contributed by atoms with Crippen LogP contribution in [0.1, 0.15) is 10.4 Å². The van der Waals surface area contributed by atoms with E-state index in [4.69, 9.17) is 9.47 Å². The molecule has 26 heavy (non-hydrogen) atoms. The molecule has 2 aromatic rings. The van der Waals surface area contributed by atoms with Gasteiger partial charge in [-0.1, -0.05) is 0 Å². The molecule has 0 unspecified atom stereocenters. The summed E-state index contributed by atoms with van der Waals surface area (Å²) < 4.78 is 10.3. The van der Waals surface area contributed by atoms with Crippen LogP contribution in [0.2, 0.25) is 0 Å². The molecule has 2 N–H and O–H groups in total. The van der Waals surface area contributed by atoms with Crippen LogP contribution in [0.15, 0.2) is 42.5 Å². The van der Waals surface area contributed by atoms with Gasteiger partial charge in [0.2, 0.25) is 5.91 Å². The van der Waals surface area contributed by atoms with Crippen molar-refractivity contribution in [3.63, 3.8) is 0 Å². The first-order chi connectivity index (χ1) is 12.4. The normalized spacial score (nSPS) is 10.0. The number of rotatable bonds is 7. The monoisotopic (exact) mass is 357 g/mol. The first-order valence-electron chi connectivity index (χ1n) is 8.01. The summed E-state index contributed by atoms with van der Waals surface area (Å²) in [5, 5.41) is 5.32. The van der Waals surface area contributed by atoms with Gasteiger partial charge in [-0.05, 0) is 36.4 Å². The summed E-state index contributed by atoms with van der Waals surface area (Å²) in [6.45, 7) is -0.145. The van der Waals surface area contributed by atoms with Gasteiger partial charge in [-0.15, -0.1) is 0 Å². The maximum Gasteiger partial charge on any atom is 0.251 e. The fourth-order valence-electron chi connectivity index (χ4n) is 2.25. The highest BCUT2D eigenvalue weighted by Crippen LogP contribution is 2.22. The van der Waals surface area contributed by atoms with Crippen molar-refractivity contribution in [2.45, 2.75) is 0 Å². The Morgan fingerprint density at radius 1 is 0.962 bits per heavy atom. The van der Waals surface area contributed by atoms with Crippen molar-refractivity contribution >= 4 is 23.2 Å². The van der Waals surface area contributed by atoms with Crippen LogP contribution in [-0.4, -0.2) is 46.7 Å². The zero-order valence-corrected chi connectivity index (χ0v) is 15.3. The molecule has 0 atom stereocenters. The van der Waals surface area contributed by atoms with Crippen LogP contribution >= 0.6 is 0 Å². The number of carbonyl (C=O) groups is 2. The van der Waals surface area contributed by atoms with E-state index in [0.717, 1.165) is 5.69 Å². The van der Waals surface area contributed by atoms with Crippen molar-refractivity contribution in [2.24, 2.45) is 0 Å². The van der Waals surface area contributed by atoms with Crippen molar-refractivity contribution in [1.29, 1.82) is 0 Å². The van der Waals surface area contributed by atoms with E-state index >= 15 is 0 Å². The number of nitrogens with zero attached hydrogens (tertiary/aromatic N) is 1. The molecule has 2 amide bonds. The molecule has 0 spiro atoms. The minimum absolute atomic E-state index is 0.145. The average Bonchev–Trinajstić information content (AvgIpc) is 2.65. The number of hydrogen-bond donors (Lipinski definition) is 2. The molecule has 0 radical (unpaired) electrons. The third kappa shape index (κ3) is 5.14. The highest BCUT2D eigenvalue weighted by Gasteiger charge is 2.11. The van der Waals surface area contributed by atoms with Gasteiger partial charge in [-0.2, -0.15) is 0 Å². The van der Waals surface area contributed by atoms with Gasteiger partial charge in [-0.3, -0.25) is 9.59 Å². The molecule has 0 saturated carbocycles. The summed E-state index contributed by atoms with van der Waals surface area (Å²) in [7, 11) is 6.89. The Hall–Kier alpha value is -3.22. The van der Waals surface area contributed by atoms with Crippen LogP contribution in [-0.2, 0) is 4.79 Å². The van der Waals surface area contributed by atoms with Crippen molar-refractivity contribution in [2.75, 3.05) is 45.1 Å². The Bertz CT molecular complexity index is 751. The molecule has 7 heteroatoms. The minimum atomic E-state index is -0.389. The van der Waals surface area contributed by atoms with E-state index in [2.05, 4.69) is 10.6 Å². The summed E-state index contributed by atoms with van der Waals surface area (Å²) in [6.07, 6.45) is 0. The van der Waals surface area contributed by atoms with Gasteiger partial charge in [0, 0.05) is 37.1 Å². The zero-order valence-electron chi connectivity index (χ0n) is 15.3. The van der Waals surface area contributed by atoms with Gasteiger partial charge >= 0.3 is 0 Å². The second-order valence-corrected chi connectivity index (χ2v) is 5.77. The SMILES string of the molecule is COc1cc(OC)cc(C(=O)NCC(=O)Nc2ccc(N(C)C)cc2)c1. The summed E-state index contributed by atoms with van der Waals surface area (Å²) in [5.74, 6) is 0.297. The molecular weight excluding hydrogens is 334 g/mol. The molecule has 0 aromatic heterocycles. The van der Waals surface area contributed by atoms with E-state index in [1.807, 2.05) is 43.3 Å². The number of methoxy groups -OCH3 is 2. The van der Waals surface area contributed by atoms with Gasteiger partial charge in [0.25, 0.3) is 5.91 Å². The lowest BCUT2D eigenvalue weighted by atomic mass is 10.2. The molecule has 0 aliphatic rings. The standard InChI is InChI=1S/C19H23N3O4/c1-22(2)15-7-5-14(6-8-15)21-18(23)12-20-19(24)13-9-16(25-3)11-17(10-13)26-4/h5-11H,12H2,1-4H3,(H,20,24)(H,21,23). The van der Waals surface area contributed by atoms with Gasteiger partial charge < -0.3 is 25.0 Å². The second-order valence-electron chi connectivity index (χ2n) is 5.77. The Kier molecular flexibility index (Phi) is 6.43. The van der Waals surface area contributed by atoms with Crippen molar-refractivity contribution < 1.29 is 19.1 Å². The number of hydrogen-bond acceptors (Lipinski definition) is 5. The number of benzene rings is 2. The molecule has 0 saturated heterocycles. The fourth-order valence-corrected chi connectivity index (χ4v) is 2.25. The Morgan fingerprint density at radius 2 is 1.54 bits per heavy atom. The van der Waals surface area contributed by atoms with Gasteiger partial charge in [0.1, 0.15) is 11.5 Å². The number of nitrogens with one attached hydrogen (secondary N) is 2. The number of amides is 2. The van der Waals surface area contributed by atoms with E-state index in [-0.39, 0.29) is 18.4 Å². The summed E-state index contributed by atoms with van der Waals surface area (Å²) >= 11 is 0. The molecule has 0 bridgehead atoms. The fraction of sp³-hybridized carbons (Fsp3) is 0.263. The third-order valence-electron chi connectivity index (χ3n) is 3.69. The predicted molar refractivity (Wildman–Crippen MR) is 101 cm³/mol. The third-order valence-corrected chi connectivity index (χ3v) is 3.69. The first-order valence-corrected chi connectivity index (χ1v) is 8.01. The van der Waals surface area contributed by atoms with Gasteiger partial charge in [-0.25, -0.2) is 0 Å². The Labute approximate surface area is 152 Å². The maximum absolute atomic E-state index is 12.2. The highest BCUT2D eigenvalue weighted by atomic mass is 16.5. The zero-order chi connectivity index (χ0) is 19.1. The Balaban J connectivity index is 1.93. The highest BCUT2D eigenvalue weighted by molar-refractivity contribution is 5.99. The molecule has 7 nitrogen and oxygen atoms in total.